The largest absolute Gasteiger partial charge is 0.442 e. The predicted molar refractivity (Wildman–Crippen MR) is 96.5 cm³/mol. The van der Waals surface area contributed by atoms with Crippen molar-refractivity contribution in [2.45, 2.75) is 29.4 Å². The monoisotopic (exact) mass is 470 g/mol. The van der Waals surface area contributed by atoms with Gasteiger partial charge in [-0.15, -0.1) is 0 Å². The molecule has 31 heavy (non-hydrogen) atoms. The number of piperazine rings is 1. The van der Waals surface area contributed by atoms with Gasteiger partial charge in [-0.25, -0.2) is 8.42 Å². The molecule has 1 unspecified atom stereocenters. The first-order valence-electron chi connectivity index (χ1n) is 8.87. The van der Waals surface area contributed by atoms with Crippen LogP contribution in [0.3, 0.4) is 0 Å². The fraction of sp³-hybridized carbons (Fsp3) is 0.389. The van der Waals surface area contributed by atoms with Crippen LogP contribution in [0.5, 0.6) is 0 Å². The number of hydrogen-bond acceptors (Lipinski definition) is 5. The minimum Gasteiger partial charge on any atom is -0.442 e. The standard InChI is InChI=1S/C18H16F6N2O4S/c19-17(20,21)16(18(22,23)24)30-15(27)14-10-25-7-8-26(14)31(28,29)13-6-5-11-3-1-2-4-12(11)9-13/h1-6,9,14,16,25H,7-8,10H2. The van der Waals surface area contributed by atoms with Crippen LogP contribution in [-0.4, -0.2) is 62.8 Å². The Labute approximate surface area is 172 Å². The normalized spacial score (nSPS) is 19.0. The fourth-order valence-corrected chi connectivity index (χ4v) is 4.77. The van der Waals surface area contributed by atoms with Crippen LogP contribution in [0.15, 0.2) is 47.4 Å². The van der Waals surface area contributed by atoms with Crippen LogP contribution >= 0.6 is 0 Å². The van der Waals surface area contributed by atoms with Gasteiger partial charge in [0.25, 0.3) is 6.10 Å². The molecular weight excluding hydrogens is 454 g/mol. The predicted octanol–water partition coefficient (Wildman–Crippen LogP) is 2.84. The topological polar surface area (TPSA) is 75.7 Å². The number of alkyl halides is 6. The van der Waals surface area contributed by atoms with Crippen molar-refractivity contribution in [2.75, 3.05) is 19.6 Å². The van der Waals surface area contributed by atoms with Gasteiger partial charge in [-0.05, 0) is 22.9 Å². The third-order valence-corrected chi connectivity index (χ3v) is 6.53. The number of rotatable bonds is 4. The van der Waals surface area contributed by atoms with Crippen LogP contribution in [0.2, 0.25) is 0 Å². The van der Waals surface area contributed by atoms with E-state index in [9.17, 15) is 39.6 Å². The quantitative estimate of drug-likeness (QED) is 0.550. The highest BCUT2D eigenvalue weighted by Crippen LogP contribution is 2.36. The number of hydrogen-bond donors (Lipinski definition) is 1. The lowest BCUT2D eigenvalue weighted by Gasteiger charge is -2.34. The van der Waals surface area contributed by atoms with Crippen molar-refractivity contribution in [1.29, 1.82) is 0 Å². The number of benzene rings is 2. The van der Waals surface area contributed by atoms with Crippen molar-refractivity contribution in [1.82, 2.24) is 9.62 Å². The number of nitrogens with one attached hydrogen (secondary N) is 1. The van der Waals surface area contributed by atoms with E-state index in [1.807, 2.05) is 0 Å². The molecule has 170 valence electrons. The van der Waals surface area contributed by atoms with Crippen LogP contribution < -0.4 is 5.32 Å². The number of sulfonamides is 1. The van der Waals surface area contributed by atoms with Crippen molar-refractivity contribution in [3.05, 3.63) is 42.5 Å². The van der Waals surface area contributed by atoms with Gasteiger partial charge >= 0.3 is 18.3 Å². The van der Waals surface area contributed by atoms with Gasteiger partial charge in [0.1, 0.15) is 6.04 Å². The second-order valence-corrected chi connectivity index (χ2v) is 8.64. The molecule has 0 radical (unpaired) electrons. The number of carbonyl (C=O) groups excluding carboxylic acids is 1. The molecule has 1 heterocycles. The Kier molecular flexibility index (Phi) is 6.22. The van der Waals surface area contributed by atoms with Crippen LogP contribution in [0.4, 0.5) is 26.3 Å². The maximum Gasteiger partial charge on any atom is 0.434 e. The highest BCUT2D eigenvalue weighted by molar-refractivity contribution is 7.89. The van der Waals surface area contributed by atoms with Gasteiger partial charge in [0.15, 0.2) is 0 Å². The Bertz CT molecular complexity index is 1060. The van der Waals surface area contributed by atoms with Crippen molar-refractivity contribution in [2.24, 2.45) is 0 Å². The second kappa shape index (κ2) is 8.28. The molecule has 1 atom stereocenters. The number of carbonyl (C=O) groups is 1. The van der Waals surface area contributed by atoms with E-state index >= 15 is 0 Å². The summed E-state index contributed by atoms with van der Waals surface area (Å²) in [5.41, 5.74) is 0. The molecule has 1 saturated heterocycles. The number of nitrogens with zero attached hydrogens (tertiary/aromatic N) is 1. The first kappa shape index (κ1) is 23.3. The summed E-state index contributed by atoms with van der Waals surface area (Å²) in [4.78, 5) is 12.0. The molecule has 1 N–H and O–H groups in total. The average molecular weight is 470 g/mol. The van der Waals surface area contributed by atoms with E-state index in [4.69, 9.17) is 0 Å². The average Bonchev–Trinajstić information content (AvgIpc) is 2.69. The SMILES string of the molecule is O=C(OC(C(F)(F)F)C(F)(F)F)C1CNCCN1S(=O)(=O)c1ccc2ccccc2c1. The third-order valence-electron chi connectivity index (χ3n) is 4.62. The number of ether oxygens (including phenoxy) is 1. The van der Waals surface area contributed by atoms with Crippen LogP contribution in [0.1, 0.15) is 0 Å². The molecule has 0 bridgehead atoms. The summed E-state index contributed by atoms with van der Waals surface area (Å²) in [6.45, 7) is -0.815. The molecule has 0 aromatic heterocycles. The van der Waals surface area contributed by atoms with Gasteiger partial charge in [-0.1, -0.05) is 30.3 Å². The van der Waals surface area contributed by atoms with Crippen LogP contribution in [-0.2, 0) is 19.6 Å². The van der Waals surface area contributed by atoms with Crippen molar-refractivity contribution in [3.63, 3.8) is 0 Å². The van der Waals surface area contributed by atoms with E-state index in [1.54, 1.807) is 24.3 Å². The van der Waals surface area contributed by atoms with Gasteiger partial charge in [-0.3, -0.25) is 4.79 Å². The highest BCUT2D eigenvalue weighted by atomic mass is 32.2. The maximum atomic E-state index is 13.1. The van der Waals surface area contributed by atoms with Gasteiger partial charge in [-0.2, -0.15) is 30.6 Å². The zero-order valence-electron chi connectivity index (χ0n) is 15.6. The van der Waals surface area contributed by atoms with Crippen molar-refractivity contribution < 1.29 is 44.3 Å². The van der Waals surface area contributed by atoms with E-state index in [1.165, 1.54) is 18.2 Å². The molecule has 6 nitrogen and oxygen atoms in total. The van der Waals surface area contributed by atoms with E-state index in [2.05, 4.69) is 10.1 Å². The third kappa shape index (κ3) is 4.93. The summed E-state index contributed by atoms with van der Waals surface area (Å²) >= 11 is 0. The van der Waals surface area contributed by atoms with Gasteiger partial charge in [0, 0.05) is 19.6 Å². The fourth-order valence-electron chi connectivity index (χ4n) is 3.15. The summed E-state index contributed by atoms with van der Waals surface area (Å²) in [5.74, 6) is -1.95. The van der Waals surface area contributed by atoms with Crippen LogP contribution in [0.25, 0.3) is 10.8 Å². The minimum atomic E-state index is -5.90. The molecule has 0 saturated carbocycles. The van der Waals surface area contributed by atoms with Gasteiger partial charge in [0.2, 0.25) is 10.0 Å². The minimum absolute atomic E-state index is 0.0402. The lowest BCUT2D eigenvalue weighted by Crippen LogP contribution is -2.59. The Morgan fingerprint density at radius 3 is 2.26 bits per heavy atom. The van der Waals surface area contributed by atoms with Crippen molar-refractivity contribution in [3.8, 4) is 0 Å². The molecular formula is C18H16F6N2O4S. The molecule has 1 aliphatic heterocycles. The number of halogens is 6. The molecule has 1 aliphatic rings. The Hall–Kier alpha value is -2.38. The Morgan fingerprint density at radius 2 is 1.65 bits per heavy atom. The molecule has 13 heteroatoms. The Balaban J connectivity index is 1.92. The lowest BCUT2D eigenvalue weighted by atomic mass is 10.1. The molecule has 3 rings (SSSR count). The molecule has 1 fully saturated rings. The van der Waals surface area contributed by atoms with Gasteiger partial charge in [0.05, 0.1) is 4.90 Å². The van der Waals surface area contributed by atoms with E-state index < -0.39 is 47.0 Å². The smallest absolute Gasteiger partial charge is 0.434 e. The second-order valence-electron chi connectivity index (χ2n) is 6.74. The summed E-state index contributed by atoms with van der Waals surface area (Å²) < 4.78 is 107. The first-order valence-corrected chi connectivity index (χ1v) is 10.3. The van der Waals surface area contributed by atoms with E-state index in [0.717, 1.165) is 5.39 Å². The molecule has 0 amide bonds. The lowest BCUT2D eigenvalue weighted by molar-refractivity contribution is -0.314. The summed E-state index contributed by atoms with van der Waals surface area (Å²) in [6.07, 6.45) is -16.2. The van der Waals surface area contributed by atoms with E-state index in [-0.39, 0.29) is 18.0 Å². The molecule has 0 aliphatic carbocycles. The van der Waals surface area contributed by atoms with Crippen LogP contribution in [0, 0.1) is 0 Å². The first-order chi connectivity index (χ1) is 14.3. The highest BCUT2D eigenvalue weighted by Gasteiger charge is 2.60. The molecule has 2 aromatic rings. The molecule has 0 spiro atoms. The number of esters is 1. The van der Waals surface area contributed by atoms with Crippen molar-refractivity contribution >= 4 is 26.8 Å². The maximum absolute atomic E-state index is 13.1. The van der Waals surface area contributed by atoms with Gasteiger partial charge < -0.3 is 10.1 Å². The van der Waals surface area contributed by atoms with E-state index in [0.29, 0.717) is 9.69 Å². The summed E-state index contributed by atoms with van der Waals surface area (Å²) in [7, 11) is -4.42. The summed E-state index contributed by atoms with van der Waals surface area (Å²) in [5, 5.41) is 3.85. The summed E-state index contributed by atoms with van der Waals surface area (Å²) in [6, 6.07) is 8.91. The number of fused-ring (bicyclic) bond motifs is 1. The zero-order chi connectivity index (χ0) is 23.0. The Morgan fingerprint density at radius 1 is 1.03 bits per heavy atom. The molecule has 2 aromatic carbocycles. The zero-order valence-corrected chi connectivity index (χ0v) is 16.4.